The Balaban J connectivity index is 1.76. The van der Waals surface area contributed by atoms with Gasteiger partial charge in [0.25, 0.3) is 5.91 Å². The van der Waals surface area contributed by atoms with E-state index >= 15 is 0 Å². The summed E-state index contributed by atoms with van der Waals surface area (Å²) in [6, 6.07) is 6.93. The number of aliphatic carboxylic acids is 1. The molecule has 2 rings (SSSR count). The van der Waals surface area contributed by atoms with Crippen molar-refractivity contribution in [2.24, 2.45) is 5.92 Å². The molecular formula is C15H19NO5. The molecule has 2 atom stereocenters. The molecule has 0 aliphatic heterocycles. The fourth-order valence-electron chi connectivity index (χ4n) is 2.45. The van der Waals surface area contributed by atoms with E-state index in [1.54, 1.807) is 31.4 Å². The van der Waals surface area contributed by atoms with Crippen LogP contribution in [0, 0.1) is 5.92 Å². The Kier molecular flexibility index (Phi) is 5.03. The lowest BCUT2D eigenvalue weighted by atomic mass is 10.1. The van der Waals surface area contributed by atoms with Crippen LogP contribution in [0.1, 0.15) is 19.3 Å². The van der Waals surface area contributed by atoms with Gasteiger partial charge in [0.05, 0.1) is 13.0 Å². The molecule has 1 aliphatic carbocycles. The van der Waals surface area contributed by atoms with Crippen LogP contribution in [0.2, 0.25) is 0 Å². The average molecular weight is 293 g/mol. The smallest absolute Gasteiger partial charge is 0.306 e. The Morgan fingerprint density at radius 2 is 2.10 bits per heavy atom. The second kappa shape index (κ2) is 6.97. The van der Waals surface area contributed by atoms with Crippen molar-refractivity contribution in [1.29, 1.82) is 0 Å². The van der Waals surface area contributed by atoms with Crippen molar-refractivity contribution in [2.45, 2.75) is 25.3 Å². The molecule has 0 heterocycles. The Hall–Kier alpha value is -2.24. The van der Waals surface area contributed by atoms with Crippen LogP contribution in [0.25, 0.3) is 0 Å². The predicted molar refractivity (Wildman–Crippen MR) is 75.4 cm³/mol. The first-order chi connectivity index (χ1) is 10.1. The van der Waals surface area contributed by atoms with Gasteiger partial charge in [0, 0.05) is 12.1 Å². The van der Waals surface area contributed by atoms with Gasteiger partial charge in [-0.2, -0.15) is 0 Å². The van der Waals surface area contributed by atoms with Crippen LogP contribution >= 0.6 is 0 Å². The van der Waals surface area contributed by atoms with Crippen molar-refractivity contribution < 1.29 is 24.2 Å². The highest BCUT2D eigenvalue weighted by atomic mass is 16.5. The Morgan fingerprint density at radius 3 is 2.76 bits per heavy atom. The van der Waals surface area contributed by atoms with Crippen LogP contribution in [0.3, 0.4) is 0 Å². The molecule has 21 heavy (non-hydrogen) atoms. The molecule has 1 amide bonds. The molecule has 0 bridgehead atoms. The summed E-state index contributed by atoms with van der Waals surface area (Å²) in [6.45, 7) is -0.0958. The SMILES string of the molecule is COc1cccc(OCC(=O)N[C@H]2CC[C@@H](C(=O)O)C2)c1. The maximum atomic E-state index is 11.8. The van der Waals surface area contributed by atoms with E-state index in [0.29, 0.717) is 30.8 Å². The predicted octanol–water partition coefficient (Wildman–Crippen LogP) is 1.44. The minimum Gasteiger partial charge on any atom is -0.497 e. The second-order valence-corrected chi connectivity index (χ2v) is 5.08. The highest BCUT2D eigenvalue weighted by Gasteiger charge is 2.30. The summed E-state index contributed by atoms with van der Waals surface area (Å²) >= 11 is 0. The van der Waals surface area contributed by atoms with Gasteiger partial charge in [-0.3, -0.25) is 9.59 Å². The Bertz CT molecular complexity index is 517. The monoisotopic (exact) mass is 293 g/mol. The van der Waals surface area contributed by atoms with Gasteiger partial charge in [-0.05, 0) is 31.4 Å². The number of carbonyl (C=O) groups excluding carboxylic acids is 1. The largest absolute Gasteiger partial charge is 0.497 e. The summed E-state index contributed by atoms with van der Waals surface area (Å²) in [6.07, 6.45) is 1.79. The average Bonchev–Trinajstić information content (AvgIpc) is 2.94. The lowest BCUT2D eigenvalue weighted by Crippen LogP contribution is -2.36. The van der Waals surface area contributed by atoms with Gasteiger partial charge in [-0.15, -0.1) is 0 Å². The molecule has 0 saturated heterocycles. The number of ether oxygens (including phenoxy) is 2. The quantitative estimate of drug-likeness (QED) is 0.829. The van der Waals surface area contributed by atoms with Gasteiger partial charge in [0.2, 0.25) is 0 Å². The van der Waals surface area contributed by atoms with Crippen LogP contribution in [0.5, 0.6) is 11.5 Å². The maximum Gasteiger partial charge on any atom is 0.306 e. The molecule has 6 nitrogen and oxygen atoms in total. The minimum absolute atomic E-state index is 0.0764. The van der Waals surface area contributed by atoms with Crippen LogP contribution in [0.15, 0.2) is 24.3 Å². The fraction of sp³-hybridized carbons (Fsp3) is 0.467. The third-order valence-electron chi connectivity index (χ3n) is 3.56. The summed E-state index contributed by atoms with van der Waals surface area (Å²) in [5.74, 6) is -0.171. The van der Waals surface area contributed by atoms with Crippen LogP contribution in [0.4, 0.5) is 0 Å². The summed E-state index contributed by atoms with van der Waals surface area (Å²) < 4.78 is 10.5. The number of hydrogen-bond donors (Lipinski definition) is 2. The number of methoxy groups -OCH3 is 1. The molecule has 1 saturated carbocycles. The van der Waals surface area contributed by atoms with Crippen LogP contribution < -0.4 is 14.8 Å². The third-order valence-corrected chi connectivity index (χ3v) is 3.56. The minimum atomic E-state index is -0.792. The molecule has 1 aromatic carbocycles. The number of benzene rings is 1. The summed E-state index contributed by atoms with van der Waals surface area (Å²) in [5.41, 5.74) is 0. The van der Waals surface area contributed by atoms with Gasteiger partial charge in [-0.1, -0.05) is 6.07 Å². The molecule has 0 radical (unpaired) electrons. The lowest BCUT2D eigenvalue weighted by molar-refractivity contribution is -0.141. The zero-order valence-corrected chi connectivity index (χ0v) is 11.9. The van der Waals surface area contributed by atoms with Crippen molar-refractivity contribution >= 4 is 11.9 Å². The van der Waals surface area contributed by atoms with Crippen molar-refractivity contribution in [3.63, 3.8) is 0 Å². The topological polar surface area (TPSA) is 84.9 Å². The zero-order valence-electron chi connectivity index (χ0n) is 11.9. The Morgan fingerprint density at radius 1 is 1.33 bits per heavy atom. The number of rotatable bonds is 6. The molecule has 0 aromatic heterocycles. The van der Waals surface area contributed by atoms with Gasteiger partial charge < -0.3 is 19.9 Å². The normalized spacial score (nSPS) is 20.8. The number of hydrogen-bond acceptors (Lipinski definition) is 4. The summed E-state index contributed by atoms with van der Waals surface area (Å²) in [7, 11) is 1.56. The number of carboxylic acids is 1. The molecule has 6 heteroatoms. The van der Waals surface area contributed by atoms with Gasteiger partial charge in [0.1, 0.15) is 11.5 Å². The maximum absolute atomic E-state index is 11.8. The van der Waals surface area contributed by atoms with Crippen molar-refractivity contribution in [2.75, 3.05) is 13.7 Å². The van der Waals surface area contributed by atoms with Gasteiger partial charge in [0.15, 0.2) is 6.61 Å². The van der Waals surface area contributed by atoms with Gasteiger partial charge >= 0.3 is 5.97 Å². The van der Waals surface area contributed by atoms with E-state index < -0.39 is 5.97 Å². The molecule has 114 valence electrons. The zero-order chi connectivity index (χ0) is 15.2. The molecule has 2 N–H and O–H groups in total. The van der Waals surface area contributed by atoms with E-state index in [1.165, 1.54) is 0 Å². The van der Waals surface area contributed by atoms with E-state index in [4.69, 9.17) is 14.6 Å². The van der Waals surface area contributed by atoms with E-state index in [9.17, 15) is 9.59 Å². The highest BCUT2D eigenvalue weighted by Crippen LogP contribution is 2.25. The van der Waals surface area contributed by atoms with Crippen molar-refractivity contribution in [3.05, 3.63) is 24.3 Å². The van der Waals surface area contributed by atoms with Crippen molar-refractivity contribution in [1.82, 2.24) is 5.32 Å². The third kappa shape index (κ3) is 4.37. The second-order valence-electron chi connectivity index (χ2n) is 5.08. The number of carboxylic acid groups (broad SMARTS) is 1. The molecule has 1 aromatic rings. The van der Waals surface area contributed by atoms with E-state index in [-0.39, 0.29) is 24.5 Å². The first-order valence-corrected chi connectivity index (χ1v) is 6.87. The van der Waals surface area contributed by atoms with Crippen LogP contribution in [-0.4, -0.2) is 36.7 Å². The van der Waals surface area contributed by atoms with Gasteiger partial charge in [-0.25, -0.2) is 0 Å². The molecule has 0 spiro atoms. The number of carbonyl (C=O) groups is 2. The molecule has 0 unspecified atom stereocenters. The van der Waals surface area contributed by atoms with E-state index in [1.807, 2.05) is 0 Å². The number of amides is 1. The molecule has 1 aliphatic rings. The highest BCUT2D eigenvalue weighted by molar-refractivity contribution is 5.78. The fourth-order valence-corrected chi connectivity index (χ4v) is 2.45. The molecular weight excluding hydrogens is 274 g/mol. The van der Waals surface area contributed by atoms with Crippen molar-refractivity contribution in [3.8, 4) is 11.5 Å². The van der Waals surface area contributed by atoms with Crippen LogP contribution in [-0.2, 0) is 9.59 Å². The standard InChI is InChI=1S/C15H19NO5/c1-20-12-3-2-4-13(8-12)21-9-14(17)16-11-6-5-10(7-11)15(18)19/h2-4,8,10-11H,5-7,9H2,1H3,(H,16,17)(H,18,19)/t10-,11+/m1/s1. The lowest BCUT2D eigenvalue weighted by Gasteiger charge is -2.13. The van der Waals surface area contributed by atoms with E-state index in [2.05, 4.69) is 5.32 Å². The van der Waals surface area contributed by atoms with E-state index in [0.717, 1.165) is 0 Å². The Labute approximate surface area is 123 Å². The summed E-state index contributed by atoms with van der Waals surface area (Å²) in [4.78, 5) is 22.6. The number of nitrogens with one attached hydrogen (secondary N) is 1. The summed E-state index contributed by atoms with van der Waals surface area (Å²) in [5, 5.41) is 11.7. The first kappa shape index (κ1) is 15.2. The molecule has 1 fully saturated rings. The first-order valence-electron chi connectivity index (χ1n) is 6.87.